The van der Waals surface area contributed by atoms with Crippen molar-refractivity contribution in [1.82, 2.24) is 4.57 Å². The minimum absolute atomic E-state index is 0.215. The smallest absolute Gasteiger partial charge is 0.419 e. The van der Waals surface area contributed by atoms with Gasteiger partial charge in [0.15, 0.2) is 11.6 Å². The average molecular weight is 378 g/mol. The molecule has 6 heteroatoms. The number of hydrogen-bond donors (Lipinski definition) is 0. The molecule has 0 spiro atoms. The Labute approximate surface area is 155 Å². The van der Waals surface area contributed by atoms with Gasteiger partial charge in [0.25, 0.3) is 0 Å². The Kier molecular flexibility index (Phi) is 4.76. The lowest BCUT2D eigenvalue weighted by atomic mass is 10.0. The molecule has 0 atom stereocenters. The molecular weight excluding hydrogens is 360 g/mol. The van der Waals surface area contributed by atoms with Gasteiger partial charge in [-0.2, -0.15) is 0 Å². The third-order valence-corrected chi connectivity index (χ3v) is 4.17. The van der Waals surface area contributed by atoms with Gasteiger partial charge in [0.05, 0.1) is 5.52 Å². The van der Waals surface area contributed by atoms with E-state index in [0.717, 1.165) is 17.7 Å². The minimum atomic E-state index is -0.955. The number of alkyl halides is 1. The van der Waals surface area contributed by atoms with E-state index in [1.165, 1.54) is 10.6 Å². The maximum Gasteiger partial charge on any atom is 0.419 e. The molecule has 26 heavy (non-hydrogen) atoms. The Balaban J connectivity index is 2.25. The molecule has 0 saturated carbocycles. The summed E-state index contributed by atoms with van der Waals surface area (Å²) >= 11 is 6.06. The fourth-order valence-electron chi connectivity index (χ4n) is 2.82. The van der Waals surface area contributed by atoms with E-state index in [4.69, 9.17) is 16.3 Å². The summed E-state index contributed by atoms with van der Waals surface area (Å²) in [4.78, 5) is 12.6. The van der Waals surface area contributed by atoms with Crippen LogP contribution in [0.15, 0.2) is 42.6 Å². The van der Waals surface area contributed by atoms with Crippen molar-refractivity contribution in [1.29, 1.82) is 0 Å². The second-order valence-electron chi connectivity index (χ2n) is 6.97. The lowest BCUT2D eigenvalue weighted by molar-refractivity contribution is 0.0544. The first kappa shape index (κ1) is 18.4. The highest BCUT2D eigenvalue weighted by Crippen LogP contribution is 2.35. The lowest BCUT2D eigenvalue weighted by Crippen LogP contribution is -2.26. The number of nitrogens with zero attached hydrogens (tertiary/aromatic N) is 1. The van der Waals surface area contributed by atoms with Crippen molar-refractivity contribution in [2.24, 2.45) is 0 Å². The van der Waals surface area contributed by atoms with Crippen molar-refractivity contribution in [3.63, 3.8) is 0 Å². The predicted octanol–water partition coefficient (Wildman–Crippen LogP) is 6.11. The number of halogens is 3. The highest BCUT2D eigenvalue weighted by molar-refractivity contribution is 6.18. The zero-order valence-corrected chi connectivity index (χ0v) is 15.4. The van der Waals surface area contributed by atoms with Crippen molar-refractivity contribution in [3.05, 3.63) is 59.8 Å². The van der Waals surface area contributed by atoms with Crippen LogP contribution in [-0.4, -0.2) is 16.3 Å². The van der Waals surface area contributed by atoms with Gasteiger partial charge in [0, 0.05) is 23.0 Å². The van der Waals surface area contributed by atoms with Crippen LogP contribution < -0.4 is 0 Å². The fraction of sp³-hybridized carbons (Fsp3) is 0.250. The van der Waals surface area contributed by atoms with Crippen molar-refractivity contribution < 1.29 is 18.3 Å². The summed E-state index contributed by atoms with van der Waals surface area (Å²) in [6.45, 7) is 5.32. The fourth-order valence-corrected chi connectivity index (χ4v) is 3.04. The minimum Gasteiger partial charge on any atom is -0.443 e. The topological polar surface area (TPSA) is 31.2 Å². The second-order valence-corrected chi connectivity index (χ2v) is 7.23. The Bertz CT molecular complexity index is 989. The molecule has 0 aliphatic rings. The van der Waals surface area contributed by atoms with Crippen molar-refractivity contribution >= 4 is 28.6 Å². The molecule has 0 amide bonds. The van der Waals surface area contributed by atoms with Crippen LogP contribution in [0.3, 0.4) is 0 Å². The quantitative estimate of drug-likeness (QED) is 0.504. The first-order valence-electron chi connectivity index (χ1n) is 8.09. The SMILES string of the molecule is CC(C)(C)OC(=O)n1cc(-c2ccc(F)c(F)c2)c2c(CCl)cccc21. The van der Waals surface area contributed by atoms with Gasteiger partial charge in [-0.05, 0) is 50.1 Å². The molecular formula is C20H18ClF2NO2. The monoisotopic (exact) mass is 377 g/mol. The van der Waals surface area contributed by atoms with Gasteiger partial charge in [0.1, 0.15) is 5.60 Å². The van der Waals surface area contributed by atoms with Gasteiger partial charge in [-0.25, -0.2) is 13.6 Å². The number of fused-ring (bicyclic) bond motifs is 1. The largest absolute Gasteiger partial charge is 0.443 e. The van der Waals surface area contributed by atoms with Gasteiger partial charge >= 0.3 is 6.09 Å². The molecule has 3 nitrogen and oxygen atoms in total. The number of ether oxygens (including phenoxy) is 1. The van der Waals surface area contributed by atoms with Crippen LogP contribution in [-0.2, 0) is 10.6 Å². The van der Waals surface area contributed by atoms with Gasteiger partial charge in [-0.1, -0.05) is 18.2 Å². The summed E-state index contributed by atoms with van der Waals surface area (Å²) in [6.07, 6.45) is 1.02. The zero-order valence-electron chi connectivity index (χ0n) is 14.6. The maximum atomic E-state index is 13.7. The summed E-state index contributed by atoms with van der Waals surface area (Å²) < 4.78 is 33.9. The first-order valence-corrected chi connectivity index (χ1v) is 8.62. The molecule has 0 unspecified atom stereocenters. The van der Waals surface area contributed by atoms with Crippen LogP contribution in [0.2, 0.25) is 0 Å². The number of rotatable bonds is 2. The van der Waals surface area contributed by atoms with Crippen LogP contribution in [0.5, 0.6) is 0 Å². The Morgan fingerprint density at radius 2 is 1.88 bits per heavy atom. The van der Waals surface area contributed by atoms with Crippen LogP contribution in [0.1, 0.15) is 26.3 Å². The number of hydrogen-bond acceptors (Lipinski definition) is 2. The van der Waals surface area contributed by atoms with Crippen LogP contribution in [0.4, 0.5) is 13.6 Å². The standard InChI is InChI=1S/C20H18ClF2NO2/c1-20(2,3)26-19(25)24-11-14(12-7-8-15(22)16(23)9-12)18-13(10-21)5-4-6-17(18)24/h4-9,11H,10H2,1-3H3. The predicted molar refractivity (Wildman–Crippen MR) is 98.5 cm³/mol. The summed E-state index contributed by atoms with van der Waals surface area (Å²) in [7, 11) is 0. The van der Waals surface area contributed by atoms with E-state index < -0.39 is 23.3 Å². The third kappa shape index (κ3) is 3.44. The highest BCUT2D eigenvalue weighted by atomic mass is 35.5. The second kappa shape index (κ2) is 6.72. The molecule has 136 valence electrons. The van der Waals surface area contributed by atoms with E-state index in [2.05, 4.69) is 0 Å². The summed E-state index contributed by atoms with van der Waals surface area (Å²) in [5.41, 5.74) is 1.75. The molecule has 3 rings (SSSR count). The van der Waals surface area contributed by atoms with Gasteiger partial charge < -0.3 is 4.74 Å². The zero-order chi connectivity index (χ0) is 19.1. The molecule has 2 aromatic carbocycles. The van der Waals surface area contributed by atoms with Crippen molar-refractivity contribution in [3.8, 4) is 11.1 Å². The molecule has 1 aromatic heterocycles. The number of aromatic nitrogens is 1. The number of carbonyl (C=O) groups excluding carboxylic acids is 1. The van der Waals surface area contributed by atoms with E-state index >= 15 is 0 Å². The summed E-state index contributed by atoms with van der Waals surface area (Å²) in [6, 6.07) is 9.02. The Morgan fingerprint density at radius 1 is 1.15 bits per heavy atom. The highest BCUT2D eigenvalue weighted by Gasteiger charge is 2.22. The maximum absolute atomic E-state index is 13.7. The van der Waals surface area contributed by atoms with Crippen LogP contribution in [0.25, 0.3) is 22.0 Å². The van der Waals surface area contributed by atoms with Gasteiger partial charge in [-0.3, -0.25) is 4.57 Å². The van der Waals surface area contributed by atoms with E-state index in [1.807, 2.05) is 6.07 Å². The number of benzene rings is 2. The molecule has 0 bridgehead atoms. The Hall–Kier alpha value is -2.40. The normalized spacial score (nSPS) is 11.8. The summed E-state index contributed by atoms with van der Waals surface area (Å²) in [5.74, 6) is -1.67. The van der Waals surface area contributed by atoms with E-state index in [-0.39, 0.29) is 5.88 Å². The molecule has 0 aliphatic carbocycles. The molecule has 0 saturated heterocycles. The average Bonchev–Trinajstić information content (AvgIpc) is 2.95. The Morgan fingerprint density at radius 3 is 2.50 bits per heavy atom. The van der Waals surface area contributed by atoms with Crippen LogP contribution in [0, 0.1) is 11.6 Å². The number of carbonyl (C=O) groups is 1. The molecule has 3 aromatic rings. The lowest BCUT2D eigenvalue weighted by Gasteiger charge is -2.19. The van der Waals surface area contributed by atoms with Gasteiger partial charge in [0.2, 0.25) is 0 Å². The van der Waals surface area contributed by atoms with E-state index in [1.54, 1.807) is 39.1 Å². The van der Waals surface area contributed by atoms with Gasteiger partial charge in [-0.15, -0.1) is 11.6 Å². The van der Waals surface area contributed by atoms with Crippen molar-refractivity contribution in [2.45, 2.75) is 32.3 Å². The van der Waals surface area contributed by atoms with E-state index in [9.17, 15) is 13.6 Å². The molecule has 0 radical (unpaired) electrons. The molecule has 0 N–H and O–H groups in total. The van der Waals surface area contributed by atoms with Crippen LogP contribution >= 0.6 is 11.6 Å². The van der Waals surface area contributed by atoms with E-state index in [0.29, 0.717) is 22.0 Å². The van der Waals surface area contributed by atoms with Crippen molar-refractivity contribution in [2.75, 3.05) is 0 Å². The molecule has 0 aliphatic heterocycles. The molecule has 0 fully saturated rings. The third-order valence-electron chi connectivity index (χ3n) is 3.88. The molecule has 1 heterocycles. The first-order chi connectivity index (χ1) is 12.2. The summed E-state index contributed by atoms with van der Waals surface area (Å²) in [5, 5.41) is 0.708.